The van der Waals surface area contributed by atoms with Crippen molar-refractivity contribution in [1.82, 2.24) is 10.2 Å². The van der Waals surface area contributed by atoms with Gasteiger partial charge in [0.2, 0.25) is 0 Å². The molecule has 106 valence electrons. The van der Waals surface area contributed by atoms with Crippen molar-refractivity contribution in [2.45, 2.75) is 52.1 Å². The summed E-state index contributed by atoms with van der Waals surface area (Å²) in [5.41, 5.74) is 0. The molecule has 0 aromatic rings. The standard InChI is InChI=1S/C15H30N2O/c1-4-16-15-5-8-17(11-12(15)2)13(3)14-6-9-18-10-7-14/h12-16H,4-11H2,1-3H3. The van der Waals surface area contributed by atoms with Gasteiger partial charge in [-0.1, -0.05) is 13.8 Å². The molecule has 0 aromatic heterocycles. The zero-order valence-electron chi connectivity index (χ0n) is 12.3. The van der Waals surface area contributed by atoms with Crippen molar-refractivity contribution < 1.29 is 4.74 Å². The zero-order chi connectivity index (χ0) is 13.0. The molecule has 3 heteroatoms. The number of hydrogen-bond acceptors (Lipinski definition) is 3. The van der Waals surface area contributed by atoms with E-state index in [2.05, 4.69) is 31.0 Å². The van der Waals surface area contributed by atoms with Crippen molar-refractivity contribution in [2.24, 2.45) is 11.8 Å². The molecule has 1 N–H and O–H groups in total. The number of hydrogen-bond donors (Lipinski definition) is 1. The summed E-state index contributed by atoms with van der Waals surface area (Å²) in [6.07, 6.45) is 3.81. The van der Waals surface area contributed by atoms with Crippen LogP contribution in [0.25, 0.3) is 0 Å². The Kier molecular flexibility index (Phi) is 5.46. The average molecular weight is 254 g/mol. The number of piperidine rings is 1. The van der Waals surface area contributed by atoms with E-state index < -0.39 is 0 Å². The van der Waals surface area contributed by atoms with Gasteiger partial charge in [-0.2, -0.15) is 0 Å². The summed E-state index contributed by atoms with van der Waals surface area (Å²) < 4.78 is 5.48. The van der Waals surface area contributed by atoms with E-state index in [4.69, 9.17) is 4.74 Å². The molecule has 2 heterocycles. The molecule has 2 saturated heterocycles. The second-order valence-electron chi connectivity index (χ2n) is 6.12. The number of ether oxygens (including phenoxy) is 1. The molecule has 18 heavy (non-hydrogen) atoms. The van der Waals surface area contributed by atoms with Crippen LogP contribution in [0.2, 0.25) is 0 Å². The van der Waals surface area contributed by atoms with Crippen LogP contribution in [0.4, 0.5) is 0 Å². The van der Waals surface area contributed by atoms with Crippen molar-refractivity contribution in [2.75, 3.05) is 32.8 Å². The number of likely N-dealkylation sites (tertiary alicyclic amines) is 1. The molecule has 0 radical (unpaired) electrons. The molecule has 3 atom stereocenters. The summed E-state index contributed by atoms with van der Waals surface area (Å²) in [5, 5.41) is 3.63. The highest BCUT2D eigenvalue weighted by molar-refractivity contribution is 4.87. The number of nitrogens with one attached hydrogen (secondary N) is 1. The van der Waals surface area contributed by atoms with E-state index in [1.807, 2.05) is 0 Å². The predicted octanol–water partition coefficient (Wildman–Crippen LogP) is 2.12. The van der Waals surface area contributed by atoms with Gasteiger partial charge in [-0.15, -0.1) is 0 Å². The van der Waals surface area contributed by atoms with Gasteiger partial charge in [0.15, 0.2) is 0 Å². The van der Waals surface area contributed by atoms with Gasteiger partial charge < -0.3 is 15.0 Å². The average Bonchev–Trinajstić information content (AvgIpc) is 2.41. The summed E-state index contributed by atoms with van der Waals surface area (Å²) in [6, 6.07) is 1.46. The Bertz CT molecular complexity index is 241. The van der Waals surface area contributed by atoms with E-state index in [1.165, 1.54) is 32.4 Å². The first-order valence-electron chi connectivity index (χ1n) is 7.77. The molecular formula is C15H30N2O. The SMILES string of the molecule is CCNC1CCN(C(C)C2CCOCC2)CC1C. The van der Waals surface area contributed by atoms with Crippen LogP contribution in [-0.2, 0) is 4.74 Å². The van der Waals surface area contributed by atoms with E-state index in [0.717, 1.165) is 43.7 Å². The molecule has 0 saturated carbocycles. The molecule has 3 nitrogen and oxygen atoms in total. The predicted molar refractivity (Wildman–Crippen MR) is 75.8 cm³/mol. The van der Waals surface area contributed by atoms with Gasteiger partial charge in [0, 0.05) is 31.8 Å². The Morgan fingerprint density at radius 1 is 1.28 bits per heavy atom. The normalized spacial score (nSPS) is 33.5. The maximum absolute atomic E-state index is 5.48. The molecule has 0 spiro atoms. The maximum atomic E-state index is 5.48. The number of rotatable bonds is 4. The Balaban J connectivity index is 1.83. The fourth-order valence-electron chi connectivity index (χ4n) is 3.61. The van der Waals surface area contributed by atoms with Crippen LogP contribution in [0.1, 0.15) is 40.0 Å². The molecule has 2 aliphatic rings. The van der Waals surface area contributed by atoms with Crippen molar-refractivity contribution in [1.29, 1.82) is 0 Å². The van der Waals surface area contributed by atoms with E-state index in [9.17, 15) is 0 Å². The summed E-state index contributed by atoms with van der Waals surface area (Å²) in [6.45, 7) is 12.6. The summed E-state index contributed by atoms with van der Waals surface area (Å²) in [4.78, 5) is 2.72. The highest BCUT2D eigenvalue weighted by atomic mass is 16.5. The van der Waals surface area contributed by atoms with E-state index in [0.29, 0.717) is 0 Å². The van der Waals surface area contributed by atoms with Crippen LogP contribution in [0.15, 0.2) is 0 Å². The van der Waals surface area contributed by atoms with Crippen LogP contribution in [0.3, 0.4) is 0 Å². The van der Waals surface area contributed by atoms with Crippen molar-refractivity contribution in [3.63, 3.8) is 0 Å². The van der Waals surface area contributed by atoms with E-state index in [-0.39, 0.29) is 0 Å². The summed E-state index contributed by atoms with van der Waals surface area (Å²) >= 11 is 0. The minimum atomic E-state index is 0.730. The minimum absolute atomic E-state index is 0.730. The van der Waals surface area contributed by atoms with Crippen molar-refractivity contribution in [3.05, 3.63) is 0 Å². The Hall–Kier alpha value is -0.120. The molecule has 0 bridgehead atoms. The monoisotopic (exact) mass is 254 g/mol. The largest absolute Gasteiger partial charge is 0.381 e. The summed E-state index contributed by atoms with van der Waals surface area (Å²) in [5.74, 6) is 1.63. The topological polar surface area (TPSA) is 24.5 Å². The molecule has 0 aliphatic carbocycles. The van der Waals surface area contributed by atoms with Gasteiger partial charge in [0.1, 0.15) is 0 Å². The lowest BCUT2D eigenvalue weighted by Crippen LogP contribution is -2.52. The third-order valence-corrected chi connectivity index (χ3v) is 4.93. The molecule has 2 aliphatic heterocycles. The van der Waals surface area contributed by atoms with Crippen LogP contribution in [0.5, 0.6) is 0 Å². The number of nitrogens with zero attached hydrogens (tertiary/aromatic N) is 1. The molecule has 2 fully saturated rings. The molecule has 0 aromatic carbocycles. The van der Waals surface area contributed by atoms with Crippen LogP contribution < -0.4 is 5.32 Å². The minimum Gasteiger partial charge on any atom is -0.381 e. The zero-order valence-corrected chi connectivity index (χ0v) is 12.3. The molecule has 0 amide bonds. The Morgan fingerprint density at radius 3 is 2.61 bits per heavy atom. The third kappa shape index (κ3) is 3.46. The lowest BCUT2D eigenvalue weighted by molar-refractivity contribution is 0.0149. The van der Waals surface area contributed by atoms with Crippen LogP contribution in [0, 0.1) is 11.8 Å². The van der Waals surface area contributed by atoms with E-state index >= 15 is 0 Å². The van der Waals surface area contributed by atoms with Gasteiger partial charge in [0.25, 0.3) is 0 Å². The van der Waals surface area contributed by atoms with E-state index in [1.54, 1.807) is 0 Å². The highest BCUT2D eigenvalue weighted by Crippen LogP contribution is 2.26. The fraction of sp³-hybridized carbons (Fsp3) is 1.00. The van der Waals surface area contributed by atoms with Gasteiger partial charge in [-0.25, -0.2) is 0 Å². The first-order chi connectivity index (χ1) is 8.72. The molecular weight excluding hydrogens is 224 g/mol. The Morgan fingerprint density at radius 2 is 2.00 bits per heavy atom. The highest BCUT2D eigenvalue weighted by Gasteiger charge is 2.31. The second-order valence-corrected chi connectivity index (χ2v) is 6.12. The fourth-order valence-corrected chi connectivity index (χ4v) is 3.61. The van der Waals surface area contributed by atoms with Crippen LogP contribution >= 0.6 is 0 Å². The Labute approximate surface area is 112 Å². The lowest BCUT2D eigenvalue weighted by Gasteiger charge is -2.43. The smallest absolute Gasteiger partial charge is 0.0469 e. The first-order valence-corrected chi connectivity index (χ1v) is 7.77. The summed E-state index contributed by atoms with van der Waals surface area (Å²) in [7, 11) is 0. The lowest BCUT2D eigenvalue weighted by atomic mass is 9.87. The first kappa shape index (κ1) is 14.3. The van der Waals surface area contributed by atoms with Crippen molar-refractivity contribution >= 4 is 0 Å². The van der Waals surface area contributed by atoms with Gasteiger partial charge >= 0.3 is 0 Å². The van der Waals surface area contributed by atoms with Crippen molar-refractivity contribution in [3.8, 4) is 0 Å². The van der Waals surface area contributed by atoms with Gasteiger partial charge in [0.05, 0.1) is 0 Å². The van der Waals surface area contributed by atoms with Gasteiger partial charge in [-0.05, 0) is 51.1 Å². The second kappa shape index (κ2) is 6.88. The quantitative estimate of drug-likeness (QED) is 0.832. The maximum Gasteiger partial charge on any atom is 0.0469 e. The molecule has 3 unspecified atom stereocenters. The molecule has 2 rings (SSSR count). The third-order valence-electron chi connectivity index (χ3n) is 4.93. The van der Waals surface area contributed by atoms with Crippen LogP contribution in [-0.4, -0.2) is 49.8 Å². The van der Waals surface area contributed by atoms with Gasteiger partial charge in [-0.3, -0.25) is 0 Å².